The van der Waals surface area contributed by atoms with E-state index in [1.165, 1.54) is 43.5 Å². The van der Waals surface area contributed by atoms with Crippen LogP contribution in [0.3, 0.4) is 0 Å². The monoisotopic (exact) mass is 326 g/mol. The van der Waals surface area contributed by atoms with Gasteiger partial charge in [-0.25, -0.2) is 8.42 Å². The van der Waals surface area contributed by atoms with Gasteiger partial charge in [0.05, 0.1) is 5.69 Å². The van der Waals surface area contributed by atoms with Crippen LogP contribution >= 0.6 is 0 Å². The van der Waals surface area contributed by atoms with Crippen LogP contribution in [0.4, 0.5) is 24.5 Å². The molecule has 21 heavy (non-hydrogen) atoms. The number of hydrogen-bond acceptors (Lipinski definition) is 3. The minimum atomic E-state index is -4.77. The third kappa shape index (κ3) is 10.9. The Morgan fingerprint density at radius 2 is 1.76 bits per heavy atom. The number of rotatable bonds is 5. The van der Waals surface area contributed by atoms with Crippen LogP contribution in [0.15, 0.2) is 24.3 Å². The van der Waals surface area contributed by atoms with Crippen LogP contribution < -0.4 is 10.5 Å². The molecule has 0 aliphatic rings. The highest BCUT2D eigenvalue weighted by molar-refractivity contribution is 7.92. The zero-order valence-corrected chi connectivity index (χ0v) is 12.9. The third-order valence-corrected chi connectivity index (χ3v) is 3.47. The molecule has 0 saturated heterocycles. The van der Waals surface area contributed by atoms with E-state index in [4.69, 9.17) is 5.73 Å². The Hall–Kier alpha value is -1.44. The van der Waals surface area contributed by atoms with Crippen molar-refractivity contribution in [2.75, 3.05) is 16.2 Å². The average molecular weight is 326 g/mol. The number of unbranched alkanes of at least 4 members (excludes halogenated alkanes) is 2. The molecule has 0 fully saturated rings. The number of halogens is 3. The van der Waals surface area contributed by atoms with E-state index in [1.54, 1.807) is 4.72 Å². The van der Waals surface area contributed by atoms with Gasteiger partial charge in [0.2, 0.25) is 10.0 Å². The fourth-order valence-corrected chi connectivity index (χ4v) is 2.38. The summed E-state index contributed by atoms with van der Waals surface area (Å²) in [5.41, 5.74) is 5.61. The van der Waals surface area contributed by atoms with Crippen molar-refractivity contribution < 1.29 is 21.6 Å². The number of alkyl halides is 3. The molecule has 0 bridgehead atoms. The Morgan fingerprint density at radius 3 is 2.14 bits per heavy atom. The Labute approximate surface area is 123 Å². The largest absolute Gasteiger partial charge is 0.404 e. The molecule has 0 aromatic heterocycles. The lowest BCUT2D eigenvalue weighted by atomic mass is 10.3. The smallest absolute Gasteiger partial charge is 0.399 e. The van der Waals surface area contributed by atoms with Crippen molar-refractivity contribution in [2.24, 2.45) is 0 Å². The van der Waals surface area contributed by atoms with Crippen LogP contribution in [0.25, 0.3) is 0 Å². The van der Waals surface area contributed by atoms with Gasteiger partial charge in [0.25, 0.3) is 0 Å². The molecule has 3 N–H and O–H groups in total. The first-order valence-electron chi connectivity index (χ1n) is 6.52. The second-order valence-electron chi connectivity index (χ2n) is 4.46. The highest BCUT2D eigenvalue weighted by atomic mass is 32.2. The molecule has 122 valence electrons. The molecule has 0 heterocycles. The first-order chi connectivity index (χ1) is 9.59. The van der Waals surface area contributed by atoms with Gasteiger partial charge in [-0.3, -0.25) is 4.72 Å². The maximum Gasteiger partial charge on any atom is 0.404 e. The molecule has 0 unspecified atom stereocenters. The Morgan fingerprint density at radius 1 is 1.19 bits per heavy atom. The Bertz CT molecular complexity index is 514. The van der Waals surface area contributed by atoms with Crippen LogP contribution in [-0.2, 0) is 10.0 Å². The normalized spacial score (nSPS) is 11.5. The number of nitrogen functional groups attached to an aromatic ring is 1. The van der Waals surface area contributed by atoms with E-state index in [9.17, 15) is 21.6 Å². The lowest BCUT2D eigenvalue weighted by Crippen LogP contribution is -2.27. The van der Waals surface area contributed by atoms with Crippen molar-refractivity contribution in [2.45, 2.75) is 39.3 Å². The molecule has 4 nitrogen and oxygen atoms in total. The summed E-state index contributed by atoms with van der Waals surface area (Å²) in [6.45, 7) is 4.42. The van der Waals surface area contributed by atoms with Gasteiger partial charge in [-0.15, -0.1) is 0 Å². The Kier molecular flexibility index (Phi) is 8.16. The summed E-state index contributed by atoms with van der Waals surface area (Å²) in [4.78, 5) is 0. The minimum Gasteiger partial charge on any atom is -0.399 e. The number of sulfonamides is 1. The number of benzene rings is 1. The fraction of sp³-hybridized carbons (Fsp3) is 0.538. The summed E-state index contributed by atoms with van der Waals surface area (Å²) >= 11 is 0. The van der Waals surface area contributed by atoms with E-state index < -0.39 is 22.0 Å². The van der Waals surface area contributed by atoms with Crippen molar-refractivity contribution in [3.63, 3.8) is 0 Å². The van der Waals surface area contributed by atoms with Gasteiger partial charge in [-0.05, 0) is 18.2 Å². The van der Waals surface area contributed by atoms with Crippen molar-refractivity contribution in [1.82, 2.24) is 0 Å². The third-order valence-electron chi connectivity index (χ3n) is 2.22. The summed E-state index contributed by atoms with van der Waals surface area (Å²) in [7, 11) is -4.44. The molecule has 0 radical (unpaired) electrons. The molecule has 8 heteroatoms. The zero-order chi connectivity index (χ0) is 16.5. The molecular formula is C13H21F3N2O2S. The molecule has 1 aromatic rings. The summed E-state index contributed by atoms with van der Waals surface area (Å²) in [5, 5.41) is 0. The van der Waals surface area contributed by atoms with Crippen LogP contribution in [-0.4, -0.2) is 20.3 Å². The average Bonchev–Trinajstić information content (AvgIpc) is 2.26. The molecule has 0 aliphatic heterocycles. The van der Waals surface area contributed by atoms with Crippen LogP contribution in [0.2, 0.25) is 0 Å². The number of nitrogens with one attached hydrogen (secondary N) is 1. The molecule has 0 amide bonds. The predicted molar refractivity (Wildman–Crippen MR) is 79.5 cm³/mol. The summed E-state index contributed by atoms with van der Waals surface area (Å²) in [5.74, 6) is -1.92. The number of anilines is 2. The summed E-state index contributed by atoms with van der Waals surface area (Å²) in [6.07, 6.45) is -0.695. The van der Waals surface area contributed by atoms with Crippen molar-refractivity contribution in [3.05, 3.63) is 24.3 Å². The van der Waals surface area contributed by atoms with Gasteiger partial charge in [0.1, 0.15) is 0 Å². The predicted octanol–water partition coefficient (Wildman–Crippen LogP) is 3.77. The maximum absolute atomic E-state index is 11.9. The Balaban J connectivity index is 0.000000690. The summed E-state index contributed by atoms with van der Waals surface area (Å²) in [6, 6.07) is 5.46. The van der Waals surface area contributed by atoms with E-state index in [0.29, 0.717) is 0 Å². The van der Waals surface area contributed by atoms with Crippen molar-refractivity contribution >= 4 is 21.4 Å². The maximum atomic E-state index is 11.9. The van der Waals surface area contributed by atoms with Gasteiger partial charge in [0.15, 0.2) is 5.75 Å². The van der Waals surface area contributed by atoms with Gasteiger partial charge in [-0.1, -0.05) is 39.2 Å². The molecule has 0 spiro atoms. The van der Waals surface area contributed by atoms with Gasteiger partial charge in [0, 0.05) is 5.69 Å². The quantitative estimate of drug-likeness (QED) is 0.809. The lowest BCUT2D eigenvalue weighted by Gasteiger charge is -2.10. The van der Waals surface area contributed by atoms with E-state index >= 15 is 0 Å². The van der Waals surface area contributed by atoms with E-state index in [2.05, 4.69) is 13.8 Å². The molecule has 0 saturated carbocycles. The SMILES string of the molecule is CCCCC.Nc1cccc(NS(=O)(=O)CC(F)(F)F)c1. The van der Waals surface area contributed by atoms with Crippen molar-refractivity contribution in [3.8, 4) is 0 Å². The zero-order valence-electron chi connectivity index (χ0n) is 12.1. The standard InChI is InChI=1S/C8H9F3N2O2S.C5H12/c9-8(10,11)5-16(14,15)13-7-3-1-2-6(12)4-7;1-3-5-4-2/h1-4,13H,5,12H2;3-5H2,1-2H3. The van der Waals surface area contributed by atoms with Gasteiger partial charge >= 0.3 is 6.18 Å². The van der Waals surface area contributed by atoms with Crippen molar-refractivity contribution in [1.29, 1.82) is 0 Å². The van der Waals surface area contributed by atoms with Gasteiger partial charge in [-0.2, -0.15) is 13.2 Å². The van der Waals surface area contributed by atoms with E-state index in [-0.39, 0.29) is 11.4 Å². The highest BCUT2D eigenvalue weighted by Gasteiger charge is 2.35. The van der Waals surface area contributed by atoms with Crippen LogP contribution in [0.5, 0.6) is 0 Å². The lowest BCUT2D eigenvalue weighted by molar-refractivity contribution is -0.106. The summed E-state index contributed by atoms with van der Waals surface area (Å²) < 4.78 is 59.6. The molecule has 0 aliphatic carbocycles. The highest BCUT2D eigenvalue weighted by Crippen LogP contribution is 2.20. The number of nitrogens with two attached hydrogens (primary N) is 1. The van der Waals surface area contributed by atoms with E-state index in [1.807, 2.05) is 0 Å². The molecule has 1 rings (SSSR count). The first-order valence-corrected chi connectivity index (χ1v) is 8.17. The van der Waals surface area contributed by atoms with Gasteiger partial charge < -0.3 is 5.73 Å². The molecule has 0 atom stereocenters. The van der Waals surface area contributed by atoms with E-state index in [0.717, 1.165) is 0 Å². The molecular weight excluding hydrogens is 305 g/mol. The number of hydrogen-bond donors (Lipinski definition) is 2. The first kappa shape index (κ1) is 19.6. The fourth-order valence-electron chi connectivity index (χ4n) is 1.39. The topological polar surface area (TPSA) is 72.2 Å². The van der Waals surface area contributed by atoms with Crippen LogP contribution in [0.1, 0.15) is 33.1 Å². The second-order valence-corrected chi connectivity index (χ2v) is 6.18. The minimum absolute atomic E-state index is 0.00394. The molecule has 1 aromatic carbocycles. The van der Waals surface area contributed by atoms with Crippen LogP contribution in [0, 0.1) is 0 Å². The second kappa shape index (κ2) is 8.76.